The highest BCUT2D eigenvalue weighted by Gasteiger charge is 2.14. The zero-order valence-electron chi connectivity index (χ0n) is 9.01. The van der Waals surface area contributed by atoms with Gasteiger partial charge in [0, 0.05) is 17.1 Å². The highest BCUT2D eigenvalue weighted by Crippen LogP contribution is 2.16. The smallest absolute Gasteiger partial charge is 0.128 e. The fraction of sp³-hybridized carbons (Fsp3) is 0.500. The third kappa shape index (κ3) is 3.17. The van der Waals surface area contributed by atoms with Gasteiger partial charge in [-0.1, -0.05) is 11.6 Å². The zero-order valence-corrected chi connectivity index (χ0v) is 9.77. The van der Waals surface area contributed by atoms with E-state index in [0.29, 0.717) is 29.7 Å². The molecule has 0 saturated carbocycles. The van der Waals surface area contributed by atoms with Crippen LogP contribution in [0, 0.1) is 11.7 Å². The summed E-state index contributed by atoms with van der Waals surface area (Å²) in [5.74, 6) is 0.302. The Morgan fingerprint density at radius 1 is 1.50 bits per heavy atom. The fourth-order valence-corrected chi connectivity index (χ4v) is 2.04. The molecule has 0 aromatic heterocycles. The average Bonchev–Trinajstić information content (AvgIpc) is 2.76. The van der Waals surface area contributed by atoms with Gasteiger partial charge in [0.1, 0.15) is 5.82 Å². The lowest BCUT2D eigenvalue weighted by atomic mass is 10.1. The van der Waals surface area contributed by atoms with E-state index in [2.05, 4.69) is 5.32 Å². The number of rotatable bonds is 4. The SMILES string of the molecule is Fc1ccc(Cl)cc1COCC1CCNC1. The maximum atomic E-state index is 13.3. The molecule has 1 aliphatic rings. The lowest BCUT2D eigenvalue weighted by molar-refractivity contribution is 0.0905. The molecule has 4 heteroatoms. The Bertz CT molecular complexity index is 353. The summed E-state index contributed by atoms with van der Waals surface area (Å²) < 4.78 is 18.8. The third-order valence-electron chi connectivity index (χ3n) is 2.78. The van der Waals surface area contributed by atoms with Gasteiger partial charge in [-0.25, -0.2) is 4.39 Å². The van der Waals surface area contributed by atoms with Crippen LogP contribution in [0.1, 0.15) is 12.0 Å². The minimum Gasteiger partial charge on any atom is -0.376 e. The van der Waals surface area contributed by atoms with E-state index in [4.69, 9.17) is 16.3 Å². The first-order valence-electron chi connectivity index (χ1n) is 5.48. The van der Waals surface area contributed by atoms with Crippen LogP contribution in [0.2, 0.25) is 5.02 Å². The van der Waals surface area contributed by atoms with E-state index in [1.807, 2.05) is 0 Å². The molecule has 1 aromatic carbocycles. The van der Waals surface area contributed by atoms with Crippen molar-refractivity contribution in [1.29, 1.82) is 0 Å². The van der Waals surface area contributed by atoms with Crippen LogP contribution in [0.3, 0.4) is 0 Å². The summed E-state index contributed by atoms with van der Waals surface area (Å²) in [6, 6.07) is 4.53. The van der Waals surface area contributed by atoms with E-state index in [0.717, 1.165) is 19.5 Å². The van der Waals surface area contributed by atoms with Gasteiger partial charge in [-0.3, -0.25) is 0 Å². The van der Waals surface area contributed by atoms with Crippen LogP contribution < -0.4 is 5.32 Å². The molecule has 1 unspecified atom stereocenters. The molecular formula is C12H15ClFNO. The van der Waals surface area contributed by atoms with Crippen LogP contribution >= 0.6 is 11.6 Å². The van der Waals surface area contributed by atoms with Gasteiger partial charge in [0.25, 0.3) is 0 Å². The van der Waals surface area contributed by atoms with Gasteiger partial charge < -0.3 is 10.1 Å². The molecule has 1 aromatic rings. The zero-order chi connectivity index (χ0) is 11.4. The van der Waals surface area contributed by atoms with Gasteiger partial charge in [0.2, 0.25) is 0 Å². The standard InChI is InChI=1S/C12H15ClFNO/c13-11-1-2-12(14)10(5-11)8-16-7-9-3-4-15-6-9/h1-2,5,9,15H,3-4,6-8H2. The van der Waals surface area contributed by atoms with Crippen molar-refractivity contribution in [3.63, 3.8) is 0 Å². The molecule has 2 rings (SSSR count). The molecule has 1 aliphatic heterocycles. The molecule has 1 heterocycles. The number of benzene rings is 1. The third-order valence-corrected chi connectivity index (χ3v) is 3.02. The minimum absolute atomic E-state index is 0.256. The Hall–Kier alpha value is -0.640. The molecule has 16 heavy (non-hydrogen) atoms. The lowest BCUT2D eigenvalue weighted by Gasteiger charge is -2.10. The van der Waals surface area contributed by atoms with E-state index in [-0.39, 0.29) is 5.82 Å². The first kappa shape index (κ1) is 11.8. The number of hydrogen-bond donors (Lipinski definition) is 1. The predicted octanol–water partition coefficient (Wildman–Crippen LogP) is 2.61. The largest absolute Gasteiger partial charge is 0.376 e. The van der Waals surface area contributed by atoms with Gasteiger partial charge in [-0.2, -0.15) is 0 Å². The Kier molecular flexibility index (Phi) is 4.16. The second kappa shape index (κ2) is 5.62. The number of ether oxygens (including phenoxy) is 1. The van der Waals surface area contributed by atoms with Gasteiger partial charge in [-0.05, 0) is 37.1 Å². The highest BCUT2D eigenvalue weighted by atomic mass is 35.5. The normalized spacial score (nSPS) is 20.2. The Labute approximate surface area is 99.7 Å². The van der Waals surface area contributed by atoms with Crippen LogP contribution in [0.25, 0.3) is 0 Å². The molecule has 1 fully saturated rings. The molecule has 0 radical (unpaired) electrons. The summed E-state index contributed by atoms with van der Waals surface area (Å²) in [5.41, 5.74) is 0.526. The Balaban J connectivity index is 1.82. The van der Waals surface area contributed by atoms with Gasteiger partial charge >= 0.3 is 0 Å². The molecule has 88 valence electrons. The minimum atomic E-state index is -0.256. The van der Waals surface area contributed by atoms with Gasteiger partial charge in [0.05, 0.1) is 13.2 Å². The molecule has 0 amide bonds. The average molecular weight is 244 g/mol. The molecule has 0 spiro atoms. The van der Waals surface area contributed by atoms with Crippen molar-refractivity contribution in [3.05, 3.63) is 34.6 Å². The van der Waals surface area contributed by atoms with Gasteiger partial charge in [0.15, 0.2) is 0 Å². The summed E-state index contributed by atoms with van der Waals surface area (Å²) in [4.78, 5) is 0. The van der Waals surface area contributed by atoms with E-state index >= 15 is 0 Å². The molecule has 2 nitrogen and oxygen atoms in total. The van der Waals surface area contributed by atoms with Crippen molar-refractivity contribution >= 4 is 11.6 Å². The molecule has 0 aliphatic carbocycles. The maximum absolute atomic E-state index is 13.3. The summed E-state index contributed by atoms with van der Waals surface area (Å²) in [7, 11) is 0. The summed E-state index contributed by atoms with van der Waals surface area (Å²) in [6.45, 7) is 3.03. The molecular weight excluding hydrogens is 229 g/mol. The topological polar surface area (TPSA) is 21.3 Å². The van der Waals surface area contributed by atoms with E-state index in [1.165, 1.54) is 6.07 Å². The number of hydrogen-bond acceptors (Lipinski definition) is 2. The van der Waals surface area contributed by atoms with Crippen molar-refractivity contribution in [3.8, 4) is 0 Å². The molecule has 1 atom stereocenters. The highest BCUT2D eigenvalue weighted by molar-refractivity contribution is 6.30. The van der Waals surface area contributed by atoms with E-state index < -0.39 is 0 Å². The molecule has 1 saturated heterocycles. The summed E-state index contributed by atoms with van der Waals surface area (Å²) >= 11 is 5.79. The van der Waals surface area contributed by atoms with E-state index in [1.54, 1.807) is 12.1 Å². The van der Waals surface area contributed by atoms with Crippen molar-refractivity contribution in [2.24, 2.45) is 5.92 Å². The Morgan fingerprint density at radius 2 is 2.38 bits per heavy atom. The molecule has 0 bridgehead atoms. The predicted molar refractivity (Wildman–Crippen MR) is 62.0 cm³/mol. The quantitative estimate of drug-likeness (QED) is 0.878. The van der Waals surface area contributed by atoms with Crippen LogP contribution in [-0.2, 0) is 11.3 Å². The van der Waals surface area contributed by atoms with Crippen molar-refractivity contribution < 1.29 is 9.13 Å². The van der Waals surface area contributed by atoms with Gasteiger partial charge in [-0.15, -0.1) is 0 Å². The fourth-order valence-electron chi connectivity index (χ4n) is 1.85. The number of halogens is 2. The van der Waals surface area contributed by atoms with Crippen LogP contribution in [0.4, 0.5) is 4.39 Å². The maximum Gasteiger partial charge on any atom is 0.128 e. The second-order valence-electron chi connectivity index (χ2n) is 4.11. The summed E-state index contributed by atoms with van der Waals surface area (Å²) in [6.07, 6.45) is 1.14. The van der Waals surface area contributed by atoms with E-state index in [9.17, 15) is 4.39 Å². The summed E-state index contributed by atoms with van der Waals surface area (Å²) in [5, 5.41) is 3.81. The Morgan fingerprint density at radius 3 is 3.12 bits per heavy atom. The first-order chi connectivity index (χ1) is 7.75. The van der Waals surface area contributed by atoms with Crippen LogP contribution in [0.15, 0.2) is 18.2 Å². The first-order valence-corrected chi connectivity index (χ1v) is 5.86. The van der Waals surface area contributed by atoms with Crippen molar-refractivity contribution in [1.82, 2.24) is 5.32 Å². The monoisotopic (exact) mass is 243 g/mol. The van der Waals surface area contributed by atoms with Crippen molar-refractivity contribution in [2.75, 3.05) is 19.7 Å². The lowest BCUT2D eigenvalue weighted by Crippen LogP contribution is -2.14. The van der Waals surface area contributed by atoms with Crippen molar-refractivity contribution in [2.45, 2.75) is 13.0 Å². The van der Waals surface area contributed by atoms with Crippen LogP contribution in [-0.4, -0.2) is 19.7 Å². The number of nitrogens with one attached hydrogen (secondary N) is 1. The molecule has 1 N–H and O–H groups in total. The van der Waals surface area contributed by atoms with Crippen LogP contribution in [0.5, 0.6) is 0 Å². The second-order valence-corrected chi connectivity index (χ2v) is 4.55.